The van der Waals surface area contributed by atoms with Gasteiger partial charge in [-0.15, -0.1) is 11.3 Å². The van der Waals surface area contributed by atoms with Crippen LogP contribution in [0.15, 0.2) is 45.1 Å². The highest BCUT2D eigenvalue weighted by Crippen LogP contribution is 2.23. The molecule has 0 fully saturated rings. The third-order valence-corrected chi connectivity index (χ3v) is 6.07. The molecule has 4 nitrogen and oxygen atoms in total. The third-order valence-electron chi connectivity index (χ3n) is 2.97. The van der Waals surface area contributed by atoms with Crippen molar-refractivity contribution in [2.75, 3.05) is 7.05 Å². The third kappa shape index (κ3) is 4.37. The van der Waals surface area contributed by atoms with E-state index < -0.39 is 10.0 Å². The Morgan fingerprint density at radius 3 is 2.76 bits per heavy atom. The molecule has 0 bridgehead atoms. The maximum Gasteiger partial charge on any atom is 0.241 e. The molecule has 2 rings (SSSR count). The quantitative estimate of drug-likeness (QED) is 0.797. The number of halogens is 1. The smallest absolute Gasteiger partial charge is 0.241 e. The second-order valence-electron chi connectivity index (χ2n) is 4.68. The summed E-state index contributed by atoms with van der Waals surface area (Å²) >= 11 is 4.83. The molecule has 1 heterocycles. The Morgan fingerprint density at radius 1 is 1.33 bits per heavy atom. The van der Waals surface area contributed by atoms with Gasteiger partial charge in [0.2, 0.25) is 10.0 Å². The van der Waals surface area contributed by atoms with Crippen molar-refractivity contribution in [2.24, 2.45) is 0 Å². The maximum absolute atomic E-state index is 12.4. The van der Waals surface area contributed by atoms with E-state index in [0.717, 1.165) is 14.9 Å². The van der Waals surface area contributed by atoms with Gasteiger partial charge < -0.3 is 5.32 Å². The lowest BCUT2D eigenvalue weighted by atomic mass is 10.1. The molecule has 0 radical (unpaired) electrons. The Labute approximate surface area is 137 Å². The molecular weight excluding hydrogens is 372 g/mol. The summed E-state index contributed by atoms with van der Waals surface area (Å²) in [6.07, 6.45) is 0. The van der Waals surface area contributed by atoms with Crippen molar-refractivity contribution in [3.63, 3.8) is 0 Å². The molecule has 0 aliphatic carbocycles. The van der Waals surface area contributed by atoms with Gasteiger partial charge in [0.1, 0.15) is 0 Å². The topological polar surface area (TPSA) is 58.2 Å². The van der Waals surface area contributed by atoms with Crippen LogP contribution in [0.5, 0.6) is 0 Å². The SMILES string of the molecule is CNCc1cc(S(=O)(=O)NC(C)c2cccc(Br)c2)cs1. The van der Waals surface area contributed by atoms with Crippen molar-refractivity contribution in [1.29, 1.82) is 0 Å². The molecule has 0 spiro atoms. The minimum atomic E-state index is -3.50. The van der Waals surface area contributed by atoms with E-state index in [2.05, 4.69) is 26.0 Å². The van der Waals surface area contributed by atoms with Gasteiger partial charge in [0, 0.05) is 27.3 Å². The fourth-order valence-electron chi connectivity index (χ4n) is 1.91. The first-order valence-corrected chi connectivity index (χ1v) is 9.58. The van der Waals surface area contributed by atoms with Crippen molar-refractivity contribution in [3.05, 3.63) is 50.6 Å². The first kappa shape index (κ1) is 16.6. The Kier molecular flexibility index (Phi) is 5.56. The van der Waals surface area contributed by atoms with E-state index in [4.69, 9.17) is 0 Å². The average molecular weight is 389 g/mol. The van der Waals surface area contributed by atoms with E-state index in [9.17, 15) is 8.42 Å². The molecule has 7 heteroatoms. The van der Waals surface area contributed by atoms with Crippen molar-refractivity contribution >= 4 is 37.3 Å². The number of thiophene rings is 1. The van der Waals surface area contributed by atoms with Crippen LogP contribution in [0.3, 0.4) is 0 Å². The van der Waals surface area contributed by atoms with Crippen LogP contribution in [0.25, 0.3) is 0 Å². The largest absolute Gasteiger partial charge is 0.315 e. The lowest BCUT2D eigenvalue weighted by molar-refractivity contribution is 0.567. The normalized spacial score (nSPS) is 13.3. The number of hydrogen-bond donors (Lipinski definition) is 2. The maximum atomic E-state index is 12.4. The van der Waals surface area contributed by atoms with E-state index in [0.29, 0.717) is 11.4 Å². The molecule has 0 saturated carbocycles. The monoisotopic (exact) mass is 388 g/mol. The van der Waals surface area contributed by atoms with E-state index in [1.54, 1.807) is 11.4 Å². The van der Waals surface area contributed by atoms with Crippen LogP contribution in [-0.4, -0.2) is 15.5 Å². The highest BCUT2D eigenvalue weighted by Gasteiger charge is 2.20. The second kappa shape index (κ2) is 7.02. The molecule has 0 aliphatic heterocycles. The Hall–Kier alpha value is -0.730. The summed E-state index contributed by atoms with van der Waals surface area (Å²) in [5.41, 5.74) is 0.915. The van der Waals surface area contributed by atoms with Crippen LogP contribution < -0.4 is 10.0 Å². The fraction of sp³-hybridized carbons (Fsp3) is 0.286. The first-order chi connectivity index (χ1) is 9.92. The molecule has 21 heavy (non-hydrogen) atoms. The van der Waals surface area contributed by atoms with Gasteiger partial charge in [-0.1, -0.05) is 28.1 Å². The summed E-state index contributed by atoms with van der Waals surface area (Å²) in [5.74, 6) is 0. The summed E-state index contributed by atoms with van der Waals surface area (Å²) < 4.78 is 28.4. The Bertz CT molecular complexity index is 713. The summed E-state index contributed by atoms with van der Waals surface area (Å²) in [6, 6.07) is 9.02. The summed E-state index contributed by atoms with van der Waals surface area (Å²) in [4.78, 5) is 1.31. The van der Waals surface area contributed by atoms with E-state index >= 15 is 0 Å². The number of sulfonamides is 1. The molecule has 2 N–H and O–H groups in total. The van der Waals surface area contributed by atoms with E-state index in [1.807, 2.05) is 38.2 Å². The van der Waals surface area contributed by atoms with Gasteiger partial charge in [-0.3, -0.25) is 0 Å². The van der Waals surface area contributed by atoms with Crippen molar-refractivity contribution < 1.29 is 8.42 Å². The molecule has 1 unspecified atom stereocenters. The average Bonchev–Trinajstić information content (AvgIpc) is 2.88. The van der Waals surface area contributed by atoms with Gasteiger partial charge in [-0.25, -0.2) is 13.1 Å². The predicted molar refractivity (Wildman–Crippen MR) is 90.0 cm³/mol. The zero-order valence-corrected chi connectivity index (χ0v) is 15.0. The number of hydrogen-bond acceptors (Lipinski definition) is 4. The van der Waals surface area contributed by atoms with Crippen molar-refractivity contribution in [3.8, 4) is 0 Å². The second-order valence-corrected chi connectivity index (χ2v) is 8.30. The fourth-order valence-corrected chi connectivity index (χ4v) is 4.85. The zero-order valence-electron chi connectivity index (χ0n) is 11.8. The number of benzene rings is 1. The van der Waals surface area contributed by atoms with Gasteiger partial charge in [-0.05, 0) is 37.7 Å². The van der Waals surface area contributed by atoms with Crippen LogP contribution in [-0.2, 0) is 16.6 Å². The van der Waals surface area contributed by atoms with Crippen molar-refractivity contribution in [1.82, 2.24) is 10.0 Å². The van der Waals surface area contributed by atoms with E-state index in [-0.39, 0.29) is 6.04 Å². The molecule has 0 amide bonds. The van der Waals surface area contributed by atoms with Crippen LogP contribution in [0, 0.1) is 0 Å². The predicted octanol–water partition coefficient (Wildman–Crippen LogP) is 3.27. The minimum absolute atomic E-state index is 0.292. The van der Waals surface area contributed by atoms with Gasteiger partial charge in [0.15, 0.2) is 0 Å². The van der Waals surface area contributed by atoms with Gasteiger partial charge in [0.25, 0.3) is 0 Å². The molecule has 0 aliphatic rings. The molecule has 1 atom stereocenters. The summed E-state index contributed by atoms with van der Waals surface area (Å²) in [6.45, 7) is 2.50. The van der Waals surface area contributed by atoms with Crippen LogP contribution in [0.4, 0.5) is 0 Å². The summed E-state index contributed by atoms with van der Waals surface area (Å²) in [7, 11) is -1.67. The summed E-state index contributed by atoms with van der Waals surface area (Å²) in [5, 5.41) is 4.68. The number of nitrogens with one attached hydrogen (secondary N) is 2. The van der Waals surface area contributed by atoms with Crippen LogP contribution in [0.1, 0.15) is 23.4 Å². The van der Waals surface area contributed by atoms with Gasteiger partial charge in [0.05, 0.1) is 4.90 Å². The van der Waals surface area contributed by atoms with Crippen LogP contribution in [0.2, 0.25) is 0 Å². The van der Waals surface area contributed by atoms with Crippen molar-refractivity contribution in [2.45, 2.75) is 24.4 Å². The number of rotatable bonds is 6. The minimum Gasteiger partial charge on any atom is -0.315 e. The standard InChI is InChI=1S/C14H17BrN2O2S2/c1-10(11-4-3-5-12(15)6-11)17-21(18,19)14-7-13(8-16-2)20-9-14/h3-7,9-10,16-17H,8H2,1-2H3. The lowest BCUT2D eigenvalue weighted by Gasteiger charge is -2.14. The Morgan fingerprint density at radius 2 is 2.10 bits per heavy atom. The molecule has 2 aromatic rings. The van der Waals surface area contributed by atoms with Gasteiger partial charge >= 0.3 is 0 Å². The first-order valence-electron chi connectivity index (χ1n) is 6.42. The molecule has 1 aromatic carbocycles. The molecule has 1 aromatic heterocycles. The highest BCUT2D eigenvalue weighted by atomic mass is 79.9. The molecule has 114 valence electrons. The van der Waals surface area contributed by atoms with E-state index in [1.165, 1.54) is 11.3 Å². The molecular formula is C14H17BrN2O2S2. The molecule has 0 saturated heterocycles. The Balaban J connectivity index is 2.16. The highest BCUT2D eigenvalue weighted by molar-refractivity contribution is 9.10. The zero-order chi connectivity index (χ0) is 15.5. The van der Waals surface area contributed by atoms with Crippen LogP contribution >= 0.6 is 27.3 Å². The lowest BCUT2D eigenvalue weighted by Crippen LogP contribution is -2.26. The van der Waals surface area contributed by atoms with Gasteiger partial charge in [-0.2, -0.15) is 0 Å².